The molecule has 234 valence electrons. The van der Waals surface area contributed by atoms with Gasteiger partial charge in [0.2, 0.25) is 0 Å². The zero-order chi connectivity index (χ0) is 33.0. The van der Waals surface area contributed by atoms with Crippen molar-refractivity contribution in [3.05, 3.63) is 205 Å². The largest absolute Gasteiger partial charge is 0.309 e. The Kier molecular flexibility index (Phi) is 6.60. The number of benzene rings is 7. The summed E-state index contributed by atoms with van der Waals surface area (Å²) in [5, 5.41) is 2.53. The molecule has 9 aromatic rings. The van der Waals surface area contributed by atoms with Crippen molar-refractivity contribution in [1.82, 2.24) is 9.55 Å². The van der Waals surface area contributed by atoms with E-state index in [4.69, 9.17) is 4.98 Å². The predicted octanol–water partition coefficient (Wildman–Crippen LogP) is 12.3. The van der Waals surface area contributed by atoms with Gasteiger partial charge in [0.1, 0.15) is 0 Å². The number of rotatable bonds is 5. The van der Waals surface area contributed by atoms with Gasteiger partial charge in [-0.3, -0.25) is 0 Å². The molecular weight excluding hydrogens is 605 g/mol. The first kappa shape index (κ1) is 28.5. The molecule has 0 amide bonds. The SMILES string of the molecule is c1ccc(-c2cc(-c3ccc(C4c5ccccc5-c5ccccc54)cc3)cc(-c3ccc(-n4c5ccccc5c5ccccc54)cc3)n2)cc1. The summed E-state index contributed by atoms with van der Waals surface area (Å²) in [4.78, 5) is 5.22. The topological polar surface area (TPSA) is 17.8 Å². The van der Waals surface area contributed by atoms with Crippen molar-refractivity contribution in [2.24, 2.45) is 0 Å². The second-order valence-electron chi connectivity index (χ2n) is 13.1. The number of hydrogen-bond donors (Lipinski definition) is 0. The maximum absolute atomic E-state index is 5.22. The number of hydrogen-bond acceptors (Lipinski definition) is 1. The molecule has 0 saturated heterocycles. The fraction of sp³-hybridized carbons (Fsp3) is 0.0208. The van der Waals surface area contributed by atoms with Crippen molar-refractivity contribution in [2.75, 3.05) is 0 Å². The molecule has 0 N–H and O–H groups in total. The van der Waals surface area contributed by atoms with Crippen molar-refractivity contribution in [2.45, 2.75) is 5.92 Å². The molecule has 1 aliphatic rings. The molecule has 1 aliphatic carbocycles. The molecule has 0 aliphatic heterocycles. The molecule has 2 heterocycles. The molecular formula is C48H32N2. The van der Waals surface area contributed by atoms with E-state index in [9.17, 15) is 0 Å². The first-order chi connectivity index (χ1) is 24.8. The van der Waals surface area contributed by atoms with Crippen molar-refractivity contribution in [3.63, 3.8) is 0 Å². The summed E-state index contributed by atoms with van der Waals surface area (Å²) in [6.07, 6.45) is 0. The highest BCUT2D eigenvalue weighted by Gasteiger charge is 2.29. The molecule has 0 bridgehead atoms. The highest BCUT2D eigenvalue weighted by atomic mass is 15.0. The molecule has 50 heavy (non-hydrogen) atoms. The van der Waals surface area contributed by atoms with Gasteiger partial charge in [0.15, 0.2) is 0 Å². The highest BCUT2D eigenvalue weighted by molar-refractivity contribution is 6.09. The maximum atomic E-state index is 5.22. The van der Waals surface area contributed by atoms with Crippen LogP contribution in [0.5, 0.6) is 0 Å². The number of pyridine rings is 1. The fourth-order valence-corrected chi connectivity index (χ4v) is 7.97. The second-order valence-corrected chi connectivity index (χ2v) is 13.1. The van der Waals surface area contributed by atoms with Gasteiger partial charge in [0, 0.05) is 33.5 Å². The zero-order valence-electron chi connectivity index (χ0n) is 27.4. The summed E-state index contributed by atoms with van der Waals surface area (Å²) < 4.78 is 2.36. The van der Waals surface area contributed by atoms with Crippen LogP contribution in [0, 0.1) is 0 Å². The van der Waals surface area contributed by atoms with Crippen LogP contribution >= 0.6 is 0 Å². The molecule has 2 heteroatoms. The summed E-state index contributed by atoms with van der Waals surface area (Å²) in [6.45, 7) is 0. The van der Waals surface area contributed by atoms with E-state index in [0.717, 1.165) is 33.8 Å². The minimum absolute atomic E-state index is 0.234. The molecule has 0 fully saturated rings. The van der Waals surface area contributed by atoms with Crippen molar-refractivity contribution >= 4 is 21.8 Å². The van der Waals surface area contributed by atoms with Gasteiger partial charge in [-0.2, -0.15) is 0 Å². The van der Waals surface area contributed by atoms with E-state index in [1.54, 1.807) is 0 Å². The lowest BCUT2D eigenvalue weighted by Gasteiger charge is -2.16. The van der Waals surface area contributed by atoms with Gasteiger partial charge in [-0.25, -0.2) is 4.98 Å². The van der Waals surface area contributed by atoms with E-state index >= 15 is 0 Å². The molecule has 0 radical (unpaired) electrons. The Labute approximate surface area is 291 Å². The Morgan fingerprint density at radius 2 is 0.860 bits per heavy atom. The first-order valence-corrected chi connectivity index (χ1v) is 17.3. The fourth-order valence-electron chi connectivity index (χ4n) is 7.97. The van der Waals surface area contributed by atoms with Gasteiger partial charge in [0.05, 0.1) is 22.4 Å². The van der Waals surface area contributed by atoms with E-state index in [0.29, 0.717) is 0 Å². The van der Waals surface area contributed by atoms with Crippen LogP contribution < -0.4 is 0 Å². The Hall–Kier alpha value is -6.51. The third kappa shape index (κ3) is 4.61. The van der Waals surface area contributed by atoms with Crippen LogP contribution in [-0.2, 0) is 0 Å². The number of aromatic nitrogens is 2. The third-order valence-corrected chi connectivity index (χ3v) is 10.3. The van der Waals surface area contributed by atoms with Crippen LogP contribution in [-0.4, -0.2) is 9.55 Å². The monoisotopic (exact) mass is 636 g/mol. The molecule has 10 rings (SSSR count). The van der Waals surface area contributed by atoms with E-state index in [1.807, 2.05) is 0 Å². The first-order valence-electron chi connectivity index (χ1n) is 17.3. The minimum atomic E-state index is 0.234. The van der Waals surface area contributed by atoms with Gasteiger partial charge in [-0.1, -0.05) is 152 Å². The number of fused-ring (bicyclic) bond motifs is 6. The zero-order valence-corrected chi connectivity index (χ0v) is 27.4. The molecule has 0 unspecified atom stereocenters. The normalized spacial score (nSPS) is 12.3. The third-order valence-electron chi connectivity index (χ3n) is 10.3. The van der Waals surface area contributed by atoms with E-state index in [1.165, 1.54) is 55.2 Å². The molecule has 0 atom stereocenters. The number of nitrogens with zero attached hydrogens (tertiary/aromatic N) is 2. The Morgan fingerprint density at radius 3 is 1.46 bits per heavy atom. The van der Waals surface area contributed by atoms with Gasteiger partial charge >= 0.3 is 0 Å². The number of para-hydroxylation sites is 2. The second kappa shape index (κ2) is 11.6. The lowest BCUT2D eigenvalue weighted by Crippen LogP contribution is -1.99. The molecule has 2 aromatic heterocycles. The summed E-state index contributed by atoms with van der Waals surface area (Å²) in [5.41, 5.74) is 16.7. The van der Waals surface area contributed by atoms with Gasteiger partial charge < -0.3 is 4.57 Å². The highest BCUT2D eigenvalue weighted by Crippen LogP contribution is 2.48. The molecule has 0 spiro atoms. The summed E-state index contributed by atoms with van der Waals surface area (Å²) in [6, 6.07) is 67.9. The molecule has 7 aromatic carbocycles. The van der Waals surface area contributed by atoms with E-state index in [-0.39, 0.29) is 5.92 Å². The van der Waals surface area contributed by atoms with Gasteiger partial charge in [-0.05, 0) is 75.3 Å². The van der Waals surface area contributed by atoms with E-state index in [2.05, 4.69) is 193 Å². The summed E-state index contributed by atoms with van der Waals surface area (Å²) >= 11 is 0. The van der Waals surface area contributed by atoms with Crippen LogP contribution in [0.4, 0.5) is 0 Å². The lowest BCUT2D eigenvalue weighted by molar-refractivity contribution is 1.02. The van der Waals surface area contributed by atoms with Crippen LogP contribution in [0.2, 0.25) is 0 Å². The predicted molar refractivity (Wildman–Crippen MR) is 208 cm³/mol. The van der Waals surface area contributed by atoms with Gasteiger partial charge in [-0.15, -0.1) is 0 Å². The molecule has 2 nitrogen and oxygen atoms in total. The van der Waals surface area contributed by atoms with Crippen LogP contribution in [0.3, 0.4) is 0 Å². The average molecular weight is 637 g/mol. The van der Waals surface area contributed by atoms with Crippen LogP contribution in [0.25, 0.3) is 72.3 Å². The quantitative estimate of drug-likeness (QED) is 0.184. The van der Waals surface area contributed by atoms with Crippen molar-refractivity contribution in [1.29, 1.82) is 0 Å². The average Bonchev–Trinajstić information content (AvgIpc) is 3.71. The van der Waals surface area contributed by atoms with Gasteiger partial charge in [0.25, 0.3) is 0 Å². The Balaban J connectivity index is 1.05. The smallest absolute Gasteiger partial charge is 0.0715 e. The Bertz CT molecular complexity index is 2580. The minimum Gasteiger partial charge on any atom is -0.309 e. The van der Waals surface area contributed by atoms with E-state index < -0.39 is 0 Å². The van der Waals surface area contributed by atoms with Crippen LogP contribution in [0.15, 0.2) is 188 Å². The van der Waals surface area contributed by atoms with Crippen molar-refractivity contribution < 1.29 is 0 Å². The standard InChI is InChI=1S/C48H32N2/c1-2-12-33(13-3-1)44-30-36(32-22-24-35(25-23-32)48-42-18-6-4-14-38(42)39-15-5-7-19-43(39)48)31-45(49-44)34-26-28-37(29-27-34)50-46-20-10-8-16-40(46)41-17-9-11-21-47(41)50/h1-31,48H. The lowest BCUT2D eigenvalue weighted by atomic mass is 9.88. The maximum Gasteiger partial charge on any atom is 0.0715 e. The summed E-state index contributed by atoms with van der Waals surface area (Å²) in [7, 11) is 0. The summed E-state index contributed by atoms with van der Waals surface area (Å²) in [5.74, 6) is 0.234. The van der Waals surface area contributed by atoms with Crippen molar-refractivity contribution in [3.8, 4) is 50.5 Å². The van der Waals surface area contributed by atoms with Crippen LogP contribution in [0.1, 0.15) is 22.6 Å². The molecule has 0 saturated carbocycles. The Morgan fingerprint density at radius 1 is 0.380 bits per heavy atom.